The number of carbonyl (C=O) groups excluding carboxylic acids is 1. The van der Waals surface area contributed by atoms with Crippen molar-refractivity contribution in [2.45, 2.75) is 26.7 Å². The Labute approximate surface area is 125 Å². The maximum absolute atomic E-state index is 13.0. The third-order valence-corrected chi connectivity index (χ3v) is 3.23. The van der Waals surface area contributed by atoms with Crippen LogP contribution >= 0.6 is 0 Å². The Balaban J connectivity index is 2.39. The zero-order valence-electron chi connectivity index (χ0n) is 12.5. The molecule has 0 aliphatic heterocycles. The van der Waals surface area contributed by atoms with Gasteiger partial charge in [-0.25, -0.2) is 4.39 Å². The van der Waals surface area contributed by atoms with Gasteiger partial charge in [0.05, 0.1) is 12.7 Å². The van der Waals surface area contributed by atoms with Gasteiger partial charge >= 0.3 is 0 Å². The van der Waals surface area contributed by atoms with Crippen LogP contribution in [0.5, 0.6) is 5.75 Å². The van der Waals surface area contributed by atoms with E-state index in [0.717, 1.165) is 0 Å². The highest BCUT2D eigenvalue weighted by molar-refractivity contribution is 5.81. The number of hydrogen-bond donors (Lipinski definition) is 0. The minimum absolute atomic E-state index is 0.131. The number of nitrogens with zero attached hydrogens (tertiary/aromatic N) is 2. The molecule has 5 heteroatoms. The molecule has 0 heterocycles. The van der Waals surface area contributed by atoms with Crippen LogP contribution in [0.25, 0.3) is 0 Å². The van der Waals surface area contributed by atoms with Crippen molar-refractivity contribution in [3.8, 4) is 11.8 Å². The summed E-state index contributed by atoms with van der Waals surface area (Å²) in [5.41, 5.74) is 0. The third kappa shape index (κ3) is 5.42. The molecule has 0 spiro atoms. The van der Waals surface area contributed by atoms with E-state index < -0.39 is 5.92 Å². The van der Waals surface area contributed by atoms with E-state index >= 15 is 0 Å². The van der Waals surface area contributed by atoms with Crippen molar-refractivity contribution in [2.24, 2.45) is 5.92 Å². The summed E-state index contributed by atoms with van der Waals surface area (Å²) in [5, 5.41) is 9.10. The summed E-state index contributed by atoms with van der Waals surface area (Å²) in [4.78, 5) is 13.7. The van der Waals surface area contributed by atoms with Crippen LogP contribution in [0.4, 0.5) is 4.39 Å². The van der Waals surface area contributed by atoms with Gasteiger partial charge in [0.1, 0.15) is 17.5 Å². The molecule has 0 N–H and O–H groups in total. The topological polar surface area (TPSA) is 53.3 Å². The quantitative estimate of drug-likeness (QED) is 0.692. The second kappa shape index (κ2) is 8.96. The molecule has 1 amide bonds. The molecule has 1 atom stereocenters. The number of hydrogen-bond acceptors (Lipinski definition) is 3. The summed E-state index contributed by atoms with van der Waals surface area (Å²) < 4.78 is 18.4. The van der Waals surface area contributed by atoms with Crippen molar-refractivity contribution in [3.63, 3.8) is 0 Å². The first-order chi connectivity index (χ1) is 10.1. The molecular weight excluding hydrogens is 271 g/mol. The summed E-state index contributed by atoms with van der Waals surface area (Å²) in [6.07, 6.45) is 1.02. The fraction of sp³-hybridized carbons (Fsp3) is 0.500. The Kier molecular flexibility index (Phi) is 7.24. The third-order valence-electron chi connectivity index (χ3n) is 3.23. The van der Waals surface area contributed by atoms with Gasteiger partial charge in [-0.3, -0.25) is 4.79 Å². The largest absolute Gasteiger partial charge is 0.493 e. The van der Waals surface area contributed by atoms with Crippen LogP contribution in [0.2, 0.25) is 0 Å². The predicted molar refractivity (Wildman–Crippen MR) is 78.2 cm³/mol. The maximum Gasteiger partial charge on any atom is 0.239 e. The number of ether oxygens (including phenoxy) is 1. The van der Waals surface area contributed by atoms with Crippen molar-refractivity contribution >= 4 is 5.91 Å². The van der Waals surface area contributed by atoms with Gasteiger partial charge in [-0.15, -0.1) is 0 Å². The zero-order valence-corrected chi connectivity index (χ0v) is 12.5. The summed E-state index contributed by atoms with van der Waals surface area (Å²) in [6.45, 7) is 5.35. The van der Waals surface area contributed by atoms with Gasteiger partial charge in [0, 0.05) is 19.2 Å². The van der Waals surface area contributed by atoms with E-state index in [1.807, 2.05) is 13.8 Å². The Morgan fingerprint density at radius 1 is 1.43 bits per heavy atom. The molecule has 1 rings (SSSR count). The van der Waals surface area contributed by atoms with E-state index in [4.69, 9.17) is 10.00 Å². The minimum Gasteiger partial charge on any atom is -0.493 e. The lowest BCUT2D eigenvalue weighted by molar-refractivity contribution is -0.133. The first-order valence-electron chi connectivity index (χ1n) is 7.19. The Morgan fingerprint density at radius 2 is 2.14 bits per heavy atom. The summed E-state index contributed by atoms with van der Waals surface area (Å²) in [5.74, 6) is -0.660. The second-order valence-corrected chi connectivity index (χ2v) is 4.64. The SMILES string of the molecule is CCN(CC)C(=O)C(C#N)CCCOc1cccc(F)c1. The molecule has 0 radical (unpaired) electrons. The first kappa shape index (κ1) is 17.0. The highest BCUT2D eigenvalue weighted by Gasteiger charge is 2.21. The van der Waals surface area contributed by atoms with E-state index in [1.54, 1.807) is 17.0 Å². The molecule has 114 valence electrons. The molecule has 1 unspecified atom stereocenters. The molecule has 4 nitrogen and oxygen atoms in total. The number of rotatable bonds is 8. The molecular formula is C16H21FN2O2. The zero-order chi connectivity index (χ0) is 15.7. The molecule has 21 heavy (non-hydrogen) atoms. The minimum atomic E-state index is -0.638. The van der Waals surface area contributed by atoms with Crippen molar-refractivity contribution in [1.82, 2.24) is 4.90 Å². The van der Waals surface area contributed by atoms with Gasteiger partial charge in [0.25, 0.3) is 0 Å². The standard InChI is InChI=1S/C16H21FN2O2/c1-3-19(4-2)16(20)13(12-18)7-6-10-21-15-9-5-8-14(17)11-15/h5,8-9,11,13H,3-4,6-7,10H2,1-2H3. The predicted octanol–water partition coefficient (Wildman–Crippen LogP) is 2.99. The molecule has 0 saturated heterocycles. The average Bonchev–Trinajstić information content (AvgIpc) is 2.48. The molecule has 0 aliphatic rings. The lowest BCUT2D eigenvalue weighted by Crippen LogP contribution is -2.35. The van der Waals surface area contributed by atoms with Crippen LogP contribution in [0.3, 0.4) is 0 Å². The van der Waals surface area contributed by atoms with Crippen molar-refractivity contribution in [1.29, 1.82) is 5.26 Å². The van der Waals surface area contributed by atoms with Crippen molar-refractivity contribution in [3.05, 3.63) is 30.1 Å². The highest BCUT2D eigenvalue weighted by Crippen LogP contribution is 2.14. The fourth-order valence-electron chi connectivity index (χ4n) is 2.03. The number of carbonyl (C=O) groups is 1. The van der Waals surface area contributed by atoms with Gasteiger partial charge in [-0.05, 0) is 38.8 Å². The second-order valence-electron chi connectivity index (χ2n) is 4.64. The van der Waals surface area contributed by atoms with Crippen LogP contribution in [0, 0.1) is 23.1 Å². The molecule has 1 aromatic rings. The van der Waals surface area contributed by atoms with E-state index in [9.17, 15) is 9.18 Å². The Morgan fingerprint density at radius 3 is 2.71 bits per heavy atom. The van der Waals surface area contributed by atoms with Crippen LogP contribution in [-0.2, 0) is 4.79 Å². The van der Waals surface area contributed by atoms with E-state index in [-0.39, 0.29) is 11.7 Å². The van der Waals surface area contributed by atoms with Crippen LogP contribution in [0.1, 0.15) is 26.7 Å². The van der Waals surface area contributed by atoms with E-state index in [1.165, 1.54) is 12.1 Å². The number of nitriles is 1. The number of amides is 1. The van der Waals surface area contributed by atoms with E-state index in [2.05, 4.69) is 6.07 Å². The normalized spacial score (nSPS) is 11.5. The van der Waals surface area contributed by atoms with Crippen LogP contribution in [-0.4, -0.2) is 30.5 Å². The van der Waals surface area contributed by atoms with Crippen LogP contribution in [0.15, 0.2) is 24.3 Å². The Hall–Kier alpha value is -2.09. The summed E-state index contributed by atoms with van der Waals surface area (Å²) in [7, 11) is 0. The van der Waals surface area contributed by atoms with Gasteiger partial charge in [0.15, 0.2) is 0 Å². The molecule has 0 fully saturated rings. The van der Waals surface area contributed by atoms with Crippen molar-refractivity contribution < 1.29 is 13.9 Å². The lowest BCUT2D eigenvalue weighted by atomic mass is 10.0. The summed E-state index contributed by atoms with van der Waals surface area (Å²) in [6, 6.07) is 7.96. The highest BCUT2D eigenvalue weighted by atomic mass is 19.1. The van der Waals surface area contributed by atoms with Crippen LogP contribution < -0.4 is 4.74 Å². The Bertz CT molecular complexity index is 495. The lowest BCUT2D eigenvalue weighted by Gasteiger charge is -2.21. The maximum atomic E-state index is 13.0. The molecule has 0 aliphatic carbocycles. The molecule has 0 saturated carbocycles. The number of halogens is 1. The average molecular weight is 292 g/mol. The molecule has 1 aromatic carbocycles. The number of benzene rings is 1. The van der Waals surface area contributed by atoms with E-state index in [0.29, 0.717) is 38.3 Å². The first-order valence-corrected chi connectivity index (χ1v) is 7.19. The monoisotopic (exact) mass is 292 g/mol. The van der Waals surface area contributed by atoms with Crippen molar-refractivity contribution in [2.75, 3.05) is 19.7 Å². The fourth-order valence-corrected chi connectivity index (χ4v) is 2.03. The molecule has 0 aromatic heterocycles. The summed E-state index contributed by atoms with van der Waals surface area (Å²) >= 11 is 0. The van der Waals surface area contributed by atoms with Gasteiger partial charge < -0.3 is 9.64 Å². The molecule has 0 bridgehead atoms. The van der Waals surface area contributed by atoms with Gasteiger partial charge in [-0.1, -0.05) is 6.07 Å². The smallest absolute Gasteiger partial charge is 0.239 e. The van der Waals surface area contributed by atoms with Gasteiger partial charge in [0.2, 0.25) is 5.91 Å². The van der Waals surface area contributed by atoms with Gasteiger partial charge in [-0.2, -0.15) is 5.26 Å².